The standard InChI is InChI=1S/C27H34F3N3O3/c1-8-25(4,5)18-10-15-22(21(16-18)26(6,7)9-2)36-17(3)23(34)31-19-11-13-20(14-12-19)32-33-24(35)27(28,29)30/h10-16,32H,3,8-9H2,1-2,4-7H3,(H,31,34)(H,33,35). The van der Waals surface area contributed by atoms with Crippen LogP contribution in [0.4, 0.5) is 24.5 Å². The Morgan fingerprint density at radius 1 is 0.889 bits per heavy atom. The van der Waals surface area contributed by atoms with Crippen molar-refractivity contribution in [2.45, 2.75) is 71.4 Å². The molecule has 0 heterocycles. The van der Waals surface area contributed by atoms with Gasteiger partial charge in [0.05, 0.1) is 5.69 Å². The molecular weight excluding hydrogens is 471 g/mol. The predicted molar refractivity (Wildman–Crippen MR) is 136 cm³/mol. The second kappa shape index (κ2) is 11.1. The van der Waals surface area contributed by atoms with E-state index in [1.165, 1.54) is 29.8 Å². The van der Waals surface area contributed by atoms with E-state index in [1.54, 1.807) is 5.43 Å². The number of hydrogen-bond acceptors (Lipinski definition) is 4. The van der Waals surface area contributed by atoms with Gasteiger partial charge in [-0.2, -0.15) is 13.2 Å². The summed E-state index contributed by atoms with van der Waals surface area (Å²) in [5, 5.41) is 2.64. The quantitative estimate of drug-likeness (QED) is 0.193. The van der Waals surface area contributed by atoms with Crippen LogP contribution in [0.3, 0.4) is 0 Å². The van der Waals surface area contributed by atoms with Gasteiger partial charge in [0, 0.05) is 11.3 Å². The van der Waals surface area contributed by atoms with Crippen molar-refractivity contribution in [2.24, 2.45) is 0 Å². The first-order chi connectivity index (χ1) is 16.6. The van der Waals surface area contributed by atoms with Gasteiger partial charge in [-0.3, -0.25) is 20.4 Å². The highest BCUT2D eigenvalue weighted by Gasteiger charge is 2.38. The maximum Gasteiger partial charge on any atom is 0.472 e. The largest absolute Gasteiger partial charge is 0.472 e. The van der Waals surface area contributed by atoms with E-state index in [0.717, 1.165) is 18.4 Å². The van der Waals surface area contributed by atoms with Crippen LogP contribution in [0, 0.1) is 0 Å². The molecule has 6 nitrogen and oxygen atoms in total. The van der Waals surface area contributed by atoms with E-state index in [0.29, 0.717) is 11.4 Å². The fourth-order valence-electron chi connectivity index (χ4n) is 3.18. The molecule has 0 fully saturated rings. The zero-order valence-corrected chi connectivity index (χ0v) is 21.5. The van der Waals surface area contributed by atoms with Gasteiger partial charge < -0.3 is 10.1 Å². The van der Waals surface area contributed by atoms with Gasteiger partial charge >= 0.3 is 12.1 Å². The normalized spacial score (nSPS) is 12.0. The summed E-state index contributed by atoms with van der Waals surface area (Å²) in [6.45, 7) is 16.6. The topological polar surface area (TPSA) is 79.5 Å². The Balaban J connectivity index is 2.12. The summed E-state index contributed by atoms with van der Waals surface area (Å²) < 4.78 is 42.7. The molecule has 3 N–H and O–H groups in total. The van der Waals surface area contributed by atoms with Crippen molar-refractivity contribution in [3.05, 3.63) is 65.9 Å². The van der Waals surface area contributed by atoms with Gasteiger partial charge in [0.1, 0.15) is 5.75 Å². The number of hydrazine groups is 1. The first-order valence-electron chi connectivity index (χ1n) is 11.7. The fourth-order valence-corrected chi connectivity index (χ4v) is 3.18. The molecule has 0 aliphatic heterocycles. The summed E-state index contributed by atoms with van der Waals surface area (Å²) in [4.78, 5) is 23.6. The van der Waals surface area contributed by atoms with Gasteiger partial charge in [-0.25, -0.2) is 0 Å². The van der Waals surface area contributed by atoms with Gasteiger partial charge in [0.25, 0.3) is 5.91 Å². The maximum atomic E-state index is 12.7. The van der Waals surface area contributed by atoms with Crippen molar-refractivity contribution in [3.63, 3.8) is 0 Å². The highest BCUT2D eigenvalue weighted by molar-refractivity contribution is 6.02. The second-order valence-corrected chi connectivity index (χ2v) is 9.82. The number of amides is 2. The Labute approximate surface area is 210 Å². The first kappa shape index (κ1) is 28.7. The van der Waals surface area contributed by atoms with E-state index in [4.69, 9.17) is 4.74 Å². The molecular formula is C27H34F3N3O3. The van der Waals surface area contributed by atoms with Crippen LogP contribution in [0.5, 0.6) is 5.75 Å². The van der Waals surface area contributed by atoms with Gasteiger partial charge in [-0.05, 0) is 59.6 Å². The van der Waals surface area contributed by atoms with E-state index < -0.39 is 18.0 Å². The van der Waals surface area contributed by atoms with E-state index >= 15 is 0 Å². The molecule has 0 aliphatic carbocycles. The molecule has 0 aromatic heterocycles. The van der Waals surface area contributed by atoms with Crippen LogP contribution in [0.1, 0.15) is 65.5 Å². The Bertz CT molecular complexity index is 1110. The number of alkyl halides is 3. The zero-order valence-electron chi connectivity index (χ0n) is 21.5. The third kappa shape index (κ3) is 7.26. The van der Waals surface area contributed by atoms with Crippen molar-refractivity contribution in [3.8, 4) is 5.75 Å². The van der Waals surface area contributed by atoms with Gasteiger partial charge in [0.2, 0.25) is 0 Å². The molecule has 9 heteroatoms. The van der Waals surface area contributed by atoms with Crippen LogP contribution in [0.25, 0.3) is 0 Å². The predicted octanol–water partition coefficient (Wildman–Crippen LogP) is 6.60. The molecule has 2 aromatic carbocycles. The number of carbonyl (C=O) groups excluding carboxylic acids is 2. The number of anilines is 2. The SMILES string of the molecule is C=C(Oc1ccc(C(C)(C)CC)cc1C(C)(C)CC)C(=O)Nc1ccc(NNC(=O)C(F)(F)F)cc1. The molecule has 2 rings (SSSR count). The lowest BCUT2D eigenvalue weighted by Gasteiger charge is -2.30. The lowest BCUT2D eigenvalue weighted by Crippen LogP contribution is -2.40. The van der Waals surface area contributed by atoms with Crippen LogP contribution in [0.15, 0.2) is 54.8 Å². The molecule has 2 aromatic rings. The number of nitrogens with one attached hydrogen (secondary N) is 3. The Hall–Kier alpha value is -3.49. The van der Waals surface area contributed by atoms with Gasteiger partial charge in [-0.1, -0.05) is 60.3 Å². The summed E-state index contributed by atoms with van der Waals surface area (Å²) in [6.07, 6.45) is -3.17. The van der Waals surface area contributed by atoms with Crippen LogP contribution in [-0.2, 0) is 20.4 Å². The zero-order chi connectivity index (χ0) is 27.3. The van der Waals surface area contributed by atoms with Gasteiger partial charge in [0.15, 0.2) is 5.76 Å². The van der Waals surface area contributed by atoms with Crippen molar-refractivity contribution in [2.75, 3.05) is 10.7 Å². The molecule has 36 heavy (non-hydrogen) atoms. The molecule has 0 atom stereocenters. The molecule has 0 unspecified atom stereocenters. The lowest BCUT2D eigenvalue weighted by molar-refractivity contribution is -0.173. The van der Waals surface area contributed by atoms with Crippen molar-refractivity contribution < 1.29 is 27.5 Å². The molecule has 196 valence electrons. The Morgan fingerprint density at radius 2 is 1.44 bits per heavy atom. The van der Waals surface area contributed by atoms with E-state index in [1.807, 2.05) is 12.1 Å². The fraction of sp³-hybridized carbons (Fsp3) is 0.407. The summed E-state index contributed by atoms with van der Waals surface area (Å²) in [5.74, 6) is -2.24. The molecule has 0 aliphatic rings. The number of hydrogen-bond donors (Lipinski definition) is 3. The average molecular weight is 506 g/mol. The number of rotatable bonds is 10. The highest BCUT2D eigenvalue weighted by atomic mass is 19.4. The van der Waals surface area contributed by atoms with Crippen LogP contribution in [0.2, 0.25) is 0 Å². The summed E-state index contributed by atoms with van der Waals surface area (Å²) in [6, 6.07) is 11.7. The van der Waals surface area contributed by atoms with E-state index in [2.05, 4.69) is 64.9 Å². The third-order valence-corrected chi connectivity index (χ3v) is 6.46. The summed E-state index contributed by atoms with van der Waals surface area (Å²) in [7, 11) is 0. The smallest absolute Gasteiger partial charge is 0.452 e. The van der Waals surface area contributed by atoms with Crippen LogP contribution >= 0.6 is 0 Å². The Kier molecular flexibility index (Phi) is 8.83. The van der Waals surface area contributed by atoms with Crippen molar-refractivity contribution >= 4 is 23.2 Å². The highest BCUT2D eigenvalue weighted by Crippen LogP contribution is 2.39. The molecule has 0 saturated carbocycles. The van der Waals surface area contributed by atoms with E-state index in [9.17, 15) is 22.8 Å². The lowest BCUT2D eigenvalue weighted by atomic mass is 9.76. The molecule has 0 spiro atoms. The van der Waals surface area contributed by atoms with Crippen molar-refractivity contribution in [1.82, 2.24) is 5.43 Å². The Morgan fingerprint density at radius 3 is 1.97 bits per heavy atom. The maximum absolute atomic E-state index is 12.7. The van der Waals surface area contributed by atoms with E-state index in [-0.39, 0.29) is 22.3 Å². The average Bonchev–Trinajstić information content (AvgIpc) is 2.82. The number of halogens is 3. The molecule has 0 radical (unpaired) electrons. The van der Waals surface area contributed by atoms with Crippen LogP contribution < -0.4 is 20.9 Å². The first-order valence-corrected chi connectivity index (χ1v) is 11.7. The minimum Gasteiger partial charge on any atom is -0.452 e. The summed E-state index contributed by atoms with van der Waals surface area (Å²) in [5.41, 5.74) is 6.22. The third-order valence-electron chi connectivity index (χ3n) is 6.46. The minimum atomic E-state index is -5.00. The molecule has 0 saturated heterocycles. The number of benzene rings is 2. The number of carbonyl (C=O) groups is 2. The van der Waals surface area contributed by atoms with Gasteiger partial charge in [-0.15, -0.1) is 0 Å². The molecule has 2 amide bonds. The second-order valence-electron chi connectivity index (χ2n) is 9.82. The monoisotopic (exact) mass is 505 g/mol. The minimum absolute atomic E-state index is 0.0118. The van der Waals surface area contributed by atoms with Crippen LogP contribution in [-0.4, -0.2) is 18.0 Å². The number of ether oxygens (including phenoxy) is 1. The van der Waals surface area contributed by atoms with Crippen molar-refractivity contribution in [1.29, 1.82) is 0 Å². The molecule has 0 bridgehead atoms. The summed E-state index contributed by atoms with van der Waals surface area (Å²) >= 11 is 0.